The summed E-state index contributed by atoms with van der Waals surface area (Å²) in [6, 6.07) is 16.3. The fourth-order valence-electron chi connectivity index (χ4n) is 3.04. The van der Waals surface area contributed by atoms with Gasteiger partial charge in [0.1, 0.15) is 0 Å². The average molecular weight is 291 g/mol. The molecule has 4 rings (SSSR count). The topological polar surface area (TPSA) is 60.4 Å². The summed E-state index contributed by atoms with van der Waals surface area (Å²) in [6.07, 6.45) is 2.96. The van der Waals surface area contributed by atoms with E-state index in [9.17, 15) is 5.11 Å². The van der Waals surface area contributed by atoms with Crippen molar-refractivity contribution in [1.82, 2.24) is 10.4 Å². The first-order valence-electron chi connectivity index (χ1n) is 7.47. The van der Waals surface area contributed by atoms with Crippen LogP contribution in [0.25, 0.3) is 10.9 Å². The number of aryl methyl sites for hydroxylation is 1. The molecular formula is C18H17N3O. The van der Waals surface area contributed by atoms with E-state index in [1.807, 2.05) is 30.5 Å². The Balaban J connectivity index is 1.71. The molecule has 4 nitrogen and oxygen atoms in total. The van der Waals surface area contributed by atoms with E-state index in [-0.39, 0.29) is 0 Å². The molecule has 0 bridgehead atoms. The molecule has 1 aliphatic heterocycles. The molecule has 3 N–H and O–H groups in total. The van der Waals surface area contributed by atoms with Crippen molar-refractivity contribution >= 4 is 16.6 Å². The number of nitrogens with zero attached hydrogens (tertiary/aromatic N) is 1. The number of hydrazone groups is 1. The molecule has 1 aromatic heterocycles. The number of benzene rings is 2. The number of rotatable bonds is 3. The van der Waals surface area contributed by atoms with Crippen molar-refractivity contribution in [2.24, 2.45) is 5.10 Å². The Kier molecular flexibility index (Phi) is 3.16. The predicted octanol–water partition coefficient (Wildman–Crippen LogP) is 3.10. The van der Waals surface area contributed by atoms with Gasteiger partial charge >= 0.3 is 0 Å². The number of hydrogen-bond donors (Lipinski definition) is 3. The largest absolute Gasteiger partial charge is 0.368 e. The van der Waals surface area contributed by atoms with Crippen LogP contribution < -0.4 is 5.43 Å². The first-order valence-corrected chi connectivity index (χ1v) is 7.47. The van der Waals surface area contributed by atoms with Gasteiger partial charge in [0.2, 0.25) is 0 Å². The Morgan fingerprint density at radius 2 is 1.86 bits per heavy atom. The van der Waals surface area contributed by atoms with Crippen LogP contribution in [0.1, 0.15) is 29.3 Å². The summed E-state index contributed by atoms with van der Waals surface area (Å²) < 4.78 is 0. The maximum atomic E-state index is 10.2. The molecule has 3 aromatic rings. The normalized spacial score (nSPS) is 17.0. The number of aliphatic hydroxyl groups is 1. The molecule has 4 heteroatoms. The summed E-state index contributed by atoms with van der Waals surface area (Å²) in [7, 11) is 0. The predicted molar refractivity (Wildman–Crippen MR) is 87.7 cm³/mol. The summed E-state index contributed by atoms with van der Waals surface area (Å²) in [5, 5.41) is 15.7. The number of aromatic amines is 1. The number of H-pyrrole nitrogens is 1. The molecule has 0 amide bonds. The van der Waals surface area contributed by atoms with Crippen molar-refractivity contribution in [1.29, 1.82) is 0 Å². The van der Waals surface area contributed by atoms with Crippen LogP contribution in [0.4, 0.5) is 0 Å². The fourth-order valence-corrected chi connectivity index (χ4v) is 3.04. The highest BCUT2D eigenvalue weighted by Crippen LogP contribution is 2.29. The molecule has 1 aliphatic rings. The van der Waals surface area contributed by atoms with E-state index >= 15 is 0 Å². The lowest BCUT2D eigenvalue weighted by Gasteiger charge is -2.09. The van der Waals surface area contributed by atoms with Gasteiger partial charge in [-0.3, -0.25) is 5.43 Å². The van der Waals surface area contributed by atoms with Gasteiger partial charge in [0.25, 0.3) is 0 Å². The molecule has 2 aromatic carbocycles. The zero-order valence-electron chi connectivity index (χ0n) is 12.1. The van der Waals surface area contributed by atoms with Crippen molar-refractivity contribution in [3.05, 3.63) is 71.4 Å². The third kappa shape index (κ3) is 2.18. The van der Waals surface area contributed by atoms with Gasteiger partial charge in [-0.1, -0.05) is 42.5 Å². The molecule has 0 radical (unpaired) electrons. The van der Waals surface area contributed by atoms with Crippen molar-refractivity contribution in [3.63, 3.8) is 0 Å². The monoisotopic (exact) mass is 291 g/mol. The molecule has 0 spiro atoms. The van der Waals surface area contributed by atoms with Crippen LogP contribution in [0.2, 0.25) is 0 Å². The molecule has 1 unspecified atom stereocenters. The van der Waals surface area contributed by atoms with E-state index in [2.05, 4.69) is 39.8 Å². The van der Waals surface area contributed by atoms with Gasteiger partial charge in [0.05, 0.1) is 5.71 Å². The minimum Gasteiger partial charge on any atom is -0.368 e. The van der Waals surface area contributed by atoms with Crippen molar-refractivity contribution in [2.45, 2.75) is 19.1 Å². The van der Waals surface area contributed by atoms with E-state index < -0.39 is 6.23 Å². The molecule has 22 heavy (non-hydrogen) atoms. The Bertz CT molecular complexity index is 836. The van der Waals surface area contributed by atoms with Gasteiger partial charge in [-0.2, -0.15) is 5.10 Å². The molecule has 0 fully saturated rings. The third-order valence-corrected chi connectivity index (χ3v) is 4.16. The van der Waals surface area contributed by atoms with Crippen LogP contribution in [0.15, 0.2) is 59.8 Å². The molecule has 110 valence electrons. The lowest BCUT2D eigenvalue weighted by molar-refractivity contribution is 0.143. The fraction of sp³-hybridized carbons (Fsp3) is 0.167. The van der Waals surface area contributed by atoms with Gasteiger partial charge in [0, 0.05) is 28.2 Å². The Morgan fingerprint density at radius 3 is 2.73 bits per heavy atom. The van der Waals surface area contributed by atoms with Crippen LogP contribution in [-0.4, -0.2) is 15.8 Å². The standard InChI is InChI=1S/C18H17N3O/c22-18-13-7-4-8-16-17(13)14(11-19-16)15(20-21-18)10-9-12-5-2-1-3-6-12/h1-8,11,18-19,21-22H,9-10H2. The minimum absolute atomic E-state index is 0.771. The second kappa shape index (κ2) is 5.31. The number of hydrogen-bond acceptors (Lipinski definition) is 3. The number of aromatic nitrogens is 1. The molecule has 0 saturated carbocycles. The van der Waals surface area contributed by atoms with E-state index in [1.165, 1.54) is 5.56 Å². The Hall–Kier alpha value is -2.59. The quantitative estimate of drug-likeness (QED) is 0.694. The van der Waals surface area contributed by atoms with E-state index in [4.69, 9.17) is 0 Å². The smallest absolute Gasteiger partial charge is 0.166 e. The maximum Gasteiger partial charge on any atom is 0.166 e. The summed E-state index contributed by atoms with van der Waals surface area (Å²) in [4.78, 5) is 3.28. The average Bonchev–Trinajstić information content (AvgIpc) is 2.93. The summed E-state index contributed by atoms with van der Waals surface area (Å²) in [5.41, 5.74) is 8.08. The lowest BCUT2D eigenvalue weighted by Crippen LogP contribution is -2.15. The number of aliphatic hydroxyl groups excluding tert-OH is 1. The Labute approximate surface area is 128 Å². The van der Waals surface area contributed by atoms with Crippen LogP contribution in [0.3, 0.4) is 0 Å². The molecule has 1 atom stereocenters. The molecule has 0 saturated heterocycles. The van der Waals surface area contributed by atoms with Crippen LogP contribution in [0, 0.1) is 0 Å². The highest BCUT2D eigenvalue weighted by Gasteiger charge is 2.20. The zero-order chi connectivity index (χ0) is 14.9. The maximum absolute atomic E-state index is 10.2. The summed E-state index contributed by atoms with van der Waals surface area (Å²) in [5.74, 6) is 0. The van der Waals surface area contributed by atoms with Gasteiger partial charge < -0.3 is 10.1 Å². The van der Waals surface area contributed by atoms with E-state index in [0.717, 1.165) is 40.6 Å². The van der Waals surface area contributed by atoms with Crippen molar-refractivity contribution in [3.8, 4) is 0 Å². The van der Waals surface area contributed by atoms with Gasteiger partial charge in [-0.05, 0) is 24.5 Å². The molecule has 0 aliphatic carbocycles. The van der Waals surface area contributed by atoms with Crippen LogP contribution in [0.5, 0.6) is 0 Å². The number of nitrogens with one attached hydrogen (secondary N) is 2. The summed E-state index contributed by atoms with van der Waals surface area (Å²) >= 11 is 0. The second-order valence-corrected chi connectivity index (χ2v) is 5.55. The first-order chi connectivity index (χ1) is 10.8. The lowest BCUT2D eigenvalue weighted by atomic mass is 9.99. The van der Waals surface area contributed by atoms with E-state index in [0.29, 0.717) is 0 Å². The highest BCUT2D eigenvalue weighted by atomic mass is 16.3. The van der Waals surface area contributed by atoms with Crippen LogP contribution in [-0.2, 0) is 6.42 Å². The first kappa shape index (κ1) is 13.1. The van der Waals surface area contributed by atoms with Crippen LogP contribution >= 0.6 is 0 Å². The minimum atomic E-state index is -0.771. The molecule has 2 heterocycles. The summed E-state index contributed by atoms with van der Waals surface area (Å²) in [6.45, 7) is 0. The zero-order valence-corrected chi connectivity index (χ0v) is 12.1. The van der Waals surface area contributed by atoms with Gasteiger partial charge in [-0.15, -0.1) is 0 Å². The van der Waals surface area contributed by atoms with Crippen molar-refractivity contribution in [2.75, 3.05) is 0 Å². The SMILES string of the molecule is OC1NN=C(CCc2ccccc2)c2c[nH]c3cccc1c23. The van der Waals surface area contributed by atoms with Gasteiger partial charge in [-0.25, -0.2) is 0 Å². The third-order valence-electron chi connectivity index (χ3n) is 4.16. The van der Waals surface area contributed by atoms with E-state index in [1.54, 1.807) is 0 Å². The molecular weight excluding hydrogens is 274 g/mol. The highest BCUT2D eigenvalue weighted by molar-refractivity contribution is 6.12. The van der Waals surface area contributed by atoms with Crippen molar-refractivity contribution < 1.29 is 5.11 Å². The Morgan fingerprint density at radius 1 is 1.00 bits per heavy atom. The van der Waals surface area contributed by atoms with Gasteiger partial charge in [0.15, 0.2) is 6.23 Å². The second-order valence-electron chi connectivity index (χ2n) is 5.55.